The maximum atomic E-state index is 11.9. The Kier molecular flexibility index (Phi) is 6.32. The van der Waals surface area contributed by atoms with E-state index in [9.17, 15) is 9.59 Å². The number of hydrogen-bond donors (Lipinski definition) is 3. The number of halogens is 1. The second kappa shape index (κ2) is 8.46. The van der Waals surface area contributed by atoms with E-state index in [1.807, 2.05) is 19.1 Å². The summed E-state index contributed by atoms with van der Waals surface area (Å²) in [6.45, 7) is 1.73. The first-order valence-electron chi connectivity index (χ1n) is 7.18. The number of benzene rings is 2. The molecule has 8 heteroatoms. The molecule has 1 amide bonds. The Labute approximate surface area is 154 Å². The van der Waals surface area contributed by atoms with E-state index in [4.69, 9.17) is 33.7 Å². The standard InChI is InChI=1S/C17H15ClN2O4S/c1-10-2-5-12(6-3-10)24-9-15(21)20-17(25)19-14-8-11(16(22)23)4-7-13(14)18/h2-8H,9H2,1H3,(H,22,23)(H2,19,20,21,25). The van der Waals surface area contributed by atoms with E-state index in [1.165, 1.54) is 18.2 Å². The van der Waals surface area contributed by atoms with E-state index < -0.39 is 11.9 Å². The summed E-state index contributed by atoms with van der Waals surface area (Å²) in [5.74, 6) is -0.985. The van der Waals surface area contributed by atoms with Crippen LogP contribution in [0.2, 0.25) is 5.02 Å². The summed E-state index contributed by atoms with van der Waals surface area (Å²) in [7, 11) is 0. The number of aryl methyl sites for hydroxylation is 1. The number of thiocarbonyl (C=S) groups is 1. The highest BCUT2D eigenvalue weighted by atomic mass is 35.5. The van der Waals surface area contributed by atoms with Crippen LogP contribution in [0.1, 0.15) is 15.9 Å². The van der Waals surface area contributed by atoms with Gasteiger partial charge in [-0.1, -0.05) is 29.3 Å². The first-order chi connectivity index (χ1) is 11.8. The zero-order chi connectivity index (χ0) is 18.4. The van der Waals surface area contributed by atoms with Gasteiger partial charge in [0.25, 0.3) is 5.91 Å². The molecule has 0 aliphatic rings. The van der Waals surface area contributed by atoms with Crippen LogP contribution in [-0.2, 0) is 4.79 Å². The van der Waals surface area contributed by atoms with Gasteiger partial charge in [0.05, 0.1) is 16.3 Å². The third kappa shape index (κ3) is 5.74. The fraction of sp³-hybridized carbons (Fsp3) is 0.118. The van der Waals surface area contributed by atoms with Crippen LogP contribution in [0.25, 0.3) is 0 Å². The maximum Gasteiger partial charge on any atom is 0.335 e. The minimum absolute atomic E-state index is 0.0121. The van der Waals surface area contributed by atoms with E-state index in [0.717, 1.165) is 5.56 Å². The molecular formula is C17H15ClN2O4S. The summed E-state index contributed by atoms with van der Waals surface area (Å²) < 4.78 is 5.34. The number of anilines is 1. The van der Waals surface area contributed by atoms with Crippen molar-refractivity contribution in [2.45, 2.75) is 6.92 Å². The normalized spacial score (nSPS) is 10.0. The molecule has 0 spiro atoms. The molecular weight excluding hydrogens is 364 g/mol. The first-order valence-corrected chi connectivity index (χ1v) is 7.97. The number of nitrogens with one attached hydrogen (secondary N) is 2. The maximum absolute atomic E-state index is 11.9. The van der Waals surface area contributed by atoms with Gasteiger partial charge in [-0.2, -0.15) is 0 Å². The second-order valence-corrected chi connectivity index (χ2v) is 5.92. The van der Waals surface area contributed by atoms with Crippen LogP contribution in [0.4, 0.5) is 5.69 Å². The number of carboxylic acids is 1. The van der Waals surface area contributed by atoms with Gasteiger partial charge in [-0.05, 0) is 49.5 Å². The first kappa shape index (κ1) is 18.7. The van der Waals surface area contributed by atoms with Gasteiger partial charge in [-0.3, -0.25) is 10.1 Å². The van der Waals surface area contributed by atoms with Gasteiger partial charge in [-0.15, -0.1) is 0 Å². The number of amides is 1. The molecule has 0 aliphatic carbocycles. The van der Waals surface area contributed by atoms with Crippen LogP contribution < -0.4 is 15.4 Å². The molecule has 2 aromatic carbocycles. The van der Waals surface area contributed by atoms with Crippen molar-refractivity contribution in [3.63, 3.8) is 0 Å². The van der Waals surface area contributed by atoms with Crippen LogP contribution in [0.5, 0.6) is 5.75 Å². The minimum atomic E-state index is -1.10. The van der Waals surface area contributed by atoms with Crippen molar-refractivity contribution in [3.05, 3.63) is 58.6 Å². The van der Waals surface area contributed by atoms with Crippen molar-refractivity contribution in [2.75, 3.05) is 11.9 Å². The van der Waals surface area contributed by atoms with E-state index >= 15 is 0 Å². The summed E-state index contributed by atoms with van der Waals surface area (Å²) >= 11 is 11.0. The third-order valence-corrected chi connectivity index (χ3v) is 3.64. The summed E-state index contributed by atoms with van der Waals surface area (Å²) in [5, 5.41) is 14.4. The molecule has 2 rings (SSSR count). The molecule has 0 saturated carbocycles. The Bertz CT molecular complexity index is 809. The molecule has 6 nitrogen and oxygen atoms in total. The average molecular weight is 379 g/mol. The van der Waals surface area contributed by atoms with Crippen LogP contribution in [-0.4, -0.2) is 28.7 Å². The monoisotopic (exact) mass is 378 g/mol. The zero-order valence-electron chi connectivity index (χ0n) is 13.2. The largest absolute Gasteiger partial charge is 0.484 e. The van der Waals surface area contributed by atoms with Gasteiger partial charge in [0.15, 0.2) is 11.7 Å². The highest BCUT2D eigenvalue weighted by Crippen LogP contribution is 2.23. The number of carbonyl (C=O) groups excluding carboxylic acids is 1. The van der Waals surface area contributed by atoms with Crippen molar-refractivity contribution in [3.8, 4) is 5.75 Å². The van der Waals surface area contributed by atoms with E-state index in [0.29, 0.717) is 5.75 Å². The lowest BCUT2D eigenvalue weighted by Gasteiger charge is -2.12. The number of carboxylic acid groups (broad SMARTS) is 1. The molecule has 3 N–H and O–H groups in total. The zero-order valence-corrected chi connectivity index (χ0v) is 14.8. The molecule has 130 valence electrons. The van der Waals surface area contributed by atoms with Gasteiger partial charge in [-0.25, -0.2) is 4.79 Å². The lowest BCUT2D eigenvalue weighted by molar-refractivity contribution is -0.121. The Morgan fingerprint density at radius 2 is 1.88 bits per heavy atom. The molecule has 0 bridgehead atoms. The summed E-state index contributed by atoms with van der Waals surface area (Å²) in [6.07, 6.45) is 0. The Balaban J connectivity index is 1.89. The Hall–Kier alpha value is -2.64. The molecule has 0 atom stereocenters. The summed E-state index contributed by atoms with van der Waals surface area (Å²) in [6, 6.07) is 11.4. The topological polar surface area (TPSA) is 87.7 Å². The van der Waals surface area contributed by atoms with Crippen molar-refractivity contribution in [2.24, 2.45) is 0 Å². The van der Waals surface area contributed by atoms with Crippen molar-refractivity contribution in [1.29, 1.82) is 0 Å². The lowest BCUT2D eigenvalue weighted by Crippen LogP contribution is -2.37. The molecule has 0 aliphatic heterocycles. The predicted octanol–water partition coefficient (Wildman–Crippen LogP) is 3.24. The van der Waals surface area contributed by atoms with Crippen molar-refractivity contribution < 1.29 is 19.4 Å². The molecule has 0 saturated heterocycles. The van der Waals surface area contributed by atoms with Gasteiger partial charge in [0.1, 0.15) is 5.75 Å². The minimum Gasteiger partial charge on any atom is -0.484 e. The highest BCUT2D eigenvalue weighted by molar-refractivity contribution is 7.80. The van der Waals surface area contributed by atoms with Gasteiger partial charge in [0, 0.05) is 0 Å². The highest BCUT2D eigenvalue weighted by Gasteiger charge is 2.10. The average Bonchev–Trinajstić information content (AvgIpc) is 2.56. The Morgan fingerprint density at radius 1 is 1.20 bits per heavy atom. The van der Waals surface area contributed by atoms with E-state index in [1.54, 1.807) is 12.1 Å². The smallest absolute Gasteiger partial charge is 0.335 e. The van der Waals surface area contributed by atoms with Gasteiger partial charge in [0.2, 0.25) is 0 Å². The second-order valence-electron chi connectivity index (χ2n) is 5.10. The molecule has 25 heavy (non-hydrogen) atoms. The summed E-state index contributed by atoms with van der Waals surface area (Å²) in [4.78, 5) is 22.8. The SMILES string of the molecule is Cc1ccc(OCC(=O)NC(=S)Nc2cc(C(=O)O)ccc2Cl)cc1. The van der Waals surface area contributed by atoms with Gasteiger partial charge < -0.3 is 15.2 Å². The van der Waals surface area contributed by atoms with Crippen LogP contribution >= 0.6 is 23.8 Å². The predicted molar refractivity (Wildman–Crippen MR) is 99.4 cm³/mol. The molecule has 2 aromatic rings. The number of carbonyl (C=O) groups is 2. The van der Waals surface area contributed by atoms with Gasteiger partial charge >= 0.3 is 5.97 Å². The quantitative estimate of drug-likeness (QED) is 0.692. The fourth-order valence-corrected chi connectivity index (χ4v) is 2.24. The fourth-order valence-electron chi connectivity index (χ4n) is 1.85. The van der Waals surface area contributed by atoms with Crippen molar-refractivity contribution >= 4 is 46.5 Å². The van der Waals surface area contributed by atoms with Crippen LogP contribution in [0.15, 0.2) is 42.5 Å². The van der Waals surface area contributed by atoms with E-state index in [-0.39, 0.29) is 28.0 Å². The molecule has 0 radical (unpaired) electrons. The van der Waals surface area contributed by atoms with E-state index in [2.05, 4.69) is 10.6 Å². The number of ether oxygens (including phenoxy) is 1. The van der Waals surface area contributed by atoms with Crippen molar-refractivity contribution in [1.82, 2.24) is 5.32 Å². The number of rotatable bonds is 5. The lowest BCUT2D eigenvalue weighted by atomic mass is 10.2. The Morgan fingerprint density at radius 3 is 2.52 bits per heavy atom. The molecule has 0 fully saturated rings. The molecule has 0 heterocycles. The summed E-state index contributed by atoms with van der Waals surface area (Å²) in [5.41, 5.74) is 1.41. The molecule has 0 aromatic heterocycles. The number of aromatic carboxylic acids is 1. The van der Waals surface area contributed by atoms with Crippen LogP contribution in [0.3, 0.4) is 0 Å². The third-order valence-electron chi connectivity index (χ3n) is 3.11. The molecule has 0 unspecified atom stereocenters. The van der Waals surface area contributed by atoms with Crippen LogP contribution in [0, 0.1) is 6.92 Å². The number of hydrogen-bond acceptors (Lipinski definition) is 4.